The number of hydrogen-bond acceptors (Lipinski definition) is 5. The van der Waals surface area contributed by atoms with E-state index in [0.29, 0.717) is 12.3 Å². The van der Waals surface area contributed by atoms with Gasteiger partial charge >= 0.3 is 6.16 Å². The highest BCUT2D eigenvalue weighted by molar-refractivity contribution is 5.59. The summed E-state index contributed by atoms with van der Waals surface area (Å²) >= 11 is 0. The van der Waals surface area contributed by atoms with Crippen molar-refractivity contribution in [2.75, 3.05) is 26.9 Å². The van der Waals surface area contributed by atoms with E-state index in [1.165, 1.54) is 39.2 Å². The second kappa shape index (κ2) is 9.79. The van der Waals surface area contributed by atoms with Crippen LogP contribution >= 0.6 is 0 Å². The first kappa shape index (κ1) is 18.0. The minimum absolute atomic E-state index is 0.0256. The quantitative estimate of drug-likeness (QED) is 0.532. The Hall–Kier alpha value is -1.07. The molecule has 21 heavy (non-hydrogen) atoms. The number of hydrogen-bond donors (Lipinski definition) is 2. The second-order valence-corrected chi connectivity index (χ2v) is 5.97. The third kappa shape index (κ3) is 6.48. The lowest BCUT2D eigenvalue weighted by atomic mass is 9.73. The molecule has 0 aromatic carbocycles. The number of aliphatic hydroxyl groups excluding tert-OH is 2. The summed E-state index contributed by atoms with van der Waals surface area (Å²) in [4.78, 5) is 10.8. The Labute approximate surface area is 126 Å². The maximum absolute atomic E-state index is 10.8. The Balaban J connectivity index is 2.43. The van der Waals surface area contributed by atoms with Gasteiger partial charge in [0.2, 0.25) is 0 Å². The minimum Gasteiger partial charge on any atom is -0.438 e. The van der Waals surface area contributed by atoms with Crippen LogP contribution in [0.2, 0.25) is 0 Å². The summed E-state index contributed by atoms with van der Waals surface area (Å²) in [5.74, 6) is 0.595. The first-order valence-electron chi connectivity index (χ1n) is 7.73. The SMILES string of the molecule is COC(=O)OC/C=C/CC(CO)(CO)CC1CCCCC1. The highest BCUT2D eigenvalue weighted by Crippen LogP contribution is 2.36. The number of allylic oxidation sites excluding steroid dienone is 1. The van der Waals surface area contributed by atoms with E-state index in [2.05, 4.69) is 4.74 Å². The number of carbonyl (C=O) groups excluding carboxylic acids is 1. The van der Waals surface area contributed by atoms with Gasteiger partial charge in [-0.05, 0) is 18.8 Å². The molecular weight excluding hydrogens is 272 g/mol. The van der Waals surface area contributed by atoms with Gasteiger partial charge in [0.05, 0.1) is 20.3 Å². The lowest BCUT2D eigenvalue weighted by molar-refractivity contribution is 0.0298. The van der Waals surface area contributed by atoms with Gasteiger partial charge in [-0.1, -0.05) is 44.3 Å². The maximum atomic E-state index is 10.8. The molecule has 1 fully saturated rings. The Morgan fingerprint density at radius 3 is 2.43 bits per heavy atom. The predicted molar refractivity (Wildman–Crippen MR) is 79.9 cm³/mol. The van der Waals surface area contributed by atoms with E-state index in [-0.39, 0.29) is 19.8 Å². The molecule has 0 saturated heterocycles. The summed E-state index contributed by atoms with van der Waals surface area (Å²) in [6.07, 6.45) is 10.5. The van der Waals surface area contributed by atoms with E-state index in [1.807, 2.05) is 6.08 Å². The Morgan fingerprint density at radius 2 is 1.86 bits per heavy atom. The van der Waals surface area contributed by atoms with Crippen LogP contribution in [0, 0.1) is 11.3 Å². The molecule has 0 unspecified atom stereocenters. The van der Waals surface area contributed by atoms with Crippen molar-refractivity contribution >= 4 is 6.16 Å². The van der Waals surface area contributed by atoms with E-state index < -0.39 is 11.6 Å². The van der Waals surface area contributed by atoms with Crippen molar-refractivity contribution in [3.05, 3.63) is 12.2 Å². The molecule has 2 N–H and O–H groups in total. The molecule has 0 atom stereocenters. The van der Waals surface area contributed by atoms with Crippen molar-refractivity contribution in [3.8, 4) is 0 Å². The lowest BCUT2D eigenvalue weighted by Crippen LogP contribution is -2.32. The number of carbonyl (C=O) groups is 1. The fourth-order valence-electron chi connectivity index (χ4n) is 2.97. The molecule has 0 heterocycles. The van der Waals surface area contributed by atoms with Gasteiger partial charge in [-0.3, -0.25) is 0 Å². The molecule has 0 bridgehead atoms. The molecule has 0 aromatic rings. The van der Waals surface area contributed by atoms with Gasteiger partial charge in [0.25, 0.3) is 0 Å². The second-order valence-electron chi connectivity index (χ2n) is 5.97. The number of aliphatic hydroxyl groups is 2. The highest BCUT2D eigenvalue weighted by Gasteiger charge is 2.31. The molecule has 0 aliphatic heterocycles. The van der Waals surface area contributed by atoms with Crippen LogP contribution in [-0.4, -0.2) is 43.3 Å². The van der Waals surface area contributed by atoms with Crippen LogP contribution in [0.3, 0.4) is 0 Å². The van der Waals surface area contributed by atoms with Crippen LogP contribution in [0.4, 0.5) is 4.79 Å². The summed E-state index contributed by atoms with van der Waals surface area (Å²) in [6.45, 7) is 0.0907. The van der Waals surface area contributed by atoms with E-state index in [4.69, 9.17) is 4.74 Å². The van der Waals surface area contributed by atoms with Crippen LogP contribution in [0.25, 0.3) is 0 Å². The third-order valence-corrected chi connectivity index (χ3v) is 4.30. The van der Waals surface area contributed by atoms with Gasteiger partial charge in [-0.25, -0.2) is 4.79 Å². The van der Waals surface area contributed by atoms with Gasteiger partial charge < -0.3 is 19.7 Å². The Bertz CT molecular complexity index is 317. The molecule has 1 saturated carbocycles. The predicted octanol–water partition coefficient (Wildman–Crippen LogP) is 2.66. The molecule has 1 rings (SSSR count). The average Bonchev–Trinajstić information content (AvgIpc) is 2.54. The summed E-state index contributed by atoms with van der Waals surface area (Å²) in [6, 6.07) is 0. The molecule has 5 heteroatoms. The van der Waals surface area contributed by atoms with Crippen LogP contribution in [-0.2, 0) is 9.47 Å². The molecule has 1 aliphatic rings. The van der Waals surface area contributed by atoms with Crippen molar-refractivity contribution in [3.63, 3.8) is 0 Å². The monoisotopic (exact) mass is 300 g/mol. The molecule has 5 nitrogen and oxygen atoms in total. The smallest absolute Gasteiger partial charge is 0.438 e. The third-order valence-electron chi connectivity index (χ3n) is 4.30. The Morgan fingerprint density at radius 1 is 1.19 bits per heavy atom. The van der Waals surface area contributed by atoms with Crippen molar-refractivity contribution in [1.29, 1.82) is 0 Å². The van der Waals surface area contributed by atoms with Crippen molar-refractivity contribution in [1.82, 2.24) is 0 Å². The maximum Gasteiger partial charge on any atom is 0.508 e. The zero-order valence-electron chi connectivity index (χ0n) is 12.9. The van der Waals surface area contributed by atoms with Crippen LogP contribution in [0.15, 0.2) is 12.2 Å². The number of methoxy groups -OCH3 is 1. The molecule has 0 spiro atoms. The van der Waals surface area contributed by atoms with Gasteiger partial charge in [-0.2, -0.15) is 0 Å². The first-order valence-corrected chi connectivity index (χ1v) is 7.73. The lowest BCUT2D eigenvalue weighted by Gasteiger charge is -2.34. The van der Waals surface area contributed by atoms with E-state index in [0.717, 1.165) is 6.42 Å². The van der Waals surface area contributed by atoms with Gasteiger partial charge in [-0.15, -0.1) is 0 Å². The summed E-state index contributed by atoms with van der Waals surface area (Å²) in [5, 5.41) is 19.4. The van der Waals surface area contributed by atoms with E-state index in [9.17, 15) is 15.0 Å². The average molecular weight is 300 g/mol. The fraction of sp³-hybridized carbons (Fsp3) is 0.812. The first-order chi connectivity index (χ1) is 10.2. The molecule has 0 amide bonds. The minimum atomic E-state index is -0.711. The van der Waals surface area contributed by atoms with Crippen LogP contribution < -0.4 is 0 Å². The number of ether oxygens (including phenoxy) is 2. The summed E-state index contributed by atoms with van der Waals surface area (Å²) in [7, 11) is 1.26. The Kier molecular flexibility index (Phi) is 8.38. The number of rotatable bonds is 8. The van der Waals surface area contributed by atoms with Gasteiger partial charge in [0.15, 0.2) is 0 Å². The van der Waals surface area contributed by atoms with Gasteiger partial charge in [0.1, 0.15) is 6.61 Å². The van der Waals surface area contributed by atoms with Gasteiger partial charge in [0, 0.05) is 5.41 Å². The van der Waals surface area contributed by atoms with Crippen LogP contribution in [0.1, 0.15) is 44.9 Å². The standard InChI is InChI=1S/C16H28O5/c1-20-15(19)21-10-6-5-9-16(12-17,13-18)11-14-7-3-2-4-8-14/h5-6,14,17-18H,2-4,7-13H2,1H3/b6-5+. The van der Waals surface area contributed by atoms with Crippen molar-refractivity contribution in [2.45, 2.75) is 44.9 Å². The van der Waals surface area contributed by atoms with Crippen molar-refractivity contribution in [2.24, 2.45) is 11.3 Å². The van der Waals surface area contributed by atoms with E-state index in [1.54, 1.807) is 6.08 Å². The topological polar surface area (TPSA) is 76.0 Å². The zero-order chi connectivity index (χ0) is 15.6. The van der Waals surface area contributed by atoms with Crippen LogP contribution in [0.5, 0.6) is 0 Å². The zero-order valence-corrected chi connectivity index (χ0v) is 12.9. The molecule has 0 aromatic heterocycles. The summed E-state index contributed by atoms with van der Waals surface area (Å²) < 4.78 is 9.12. The normalized spacial score (nSPS) is 17.1. The van der Waals surface area contributed by atoms with E-state index >= 15 is 0 Å². The fourth-order valence-corrected chi connectivity index (χ4v) is 2.97. The largest absolute Gasteiger partial charge is 0.508 e. The van der Waals surface area contributed by atoms with Crippen molar-refractivity contribution < 1.29 is 24.5 Å². The molecule has 1 aliphatic carbocycles. The molecular formula is C16H28O5. The molecule has 122 valence electrons. The highest BCUT2D eigenvalue weighted by atomic mass is 16.7. The summed E-state index contributed by atoms with van der Waals surface area (Å²) in [5.41, 5.74) is -0.468. The molecule has 0 radical (unpaired) electrons.